The van der Waals surface area contributed by atoms with E-state index in [1.165, 1.54) is 11.1 Å². The van der Waals surface area contributed by atoms with Gasteiger partial charge in [-0.2, -0.15) is 0 Å². The summed E-state index contributed by atoms with van der Waals surface area (Å²) in [5.41, 5.74) is -0.730. The first-order valence-electron chi connectivity index (χ1n) is 28.2. The van der Waals surface area contributed by atoms with Gasteiger partial charge in [-0.1, -0.05) is 84.3 Å². The van der Waals surface area contributed by atoms with Crippen LogP contribution >= 0.6 is 0 Å². The summed E-state index contributed by atoms with van der Waals surface area (Å²) < 4.78 is 70.0. The van der Waals surface area contributed by atoms with Crippen molar-refractivity contribution in [3.05, 3.63) is 34.4 Å². The molecule has 0 radical (unpaired) electrons. The van der Waals surface area contributed by atoms with Crippen LogP contribution < -0.4 is 29.6 Å². The molecule has 73 heavy (non-hydrogen) atoms. The van der Waals surface area contributed by atoms with Gasteiger partial charge < -0.3 is 49.0 Å². The summed E-state index contributed by atoms with van der Waals surface area (Å²) in [6.45, 7) is 24.5. The fraction of sp³-hybridized carbons (Fsp3) is 0.897. The minimum atomic E-state index is -5.08. The average Bonchev–Trinajstić information content (AvgIpc) is 3.86. The van der Waals surface area contributed by atoms with E-state index in [0.717, 1.165) is 81.8 Å². The summed E-state index contributed by atoms with van der Waals surface area (Å²) in [6.07, 6.45) is 12.9. The van der Waals surface area contributed by atoms with Crippen LogP contribution in [-0.4, -0.2) is 111 Å². The number of hydrogen-bond donors (Lipinski definition) is 5. The molecular weight excluding hydrogens is 960 g/mol. The number of hydrogen-bond acceptors (Lipinski definition) is 13. The molecule has 8 aliphatic carbocycles. The average molecular weight is 1050 g/mol. The smallest absolute Gasteiger partial charge is 0.726 e. The van der Waals surface area contributed by atoms with Crippen molar-refractivity contribution in [2.75, 3.05) is 13.2 Å². The molecule has 0 amide bonds. The predicted molar refractivity (Wildman–Crippen MR) is 266 cm³/mol. The molecule has 5 N–H and O–H groups in total. The quantitative estimate of drug-likeness (QED) is 0.0923. The maximum atomic E-state index is 13.1. The SMILES string of the molecule is C[C@@H]([C@H]1CC[C@H]2C3=C(CC[C@]12C)[C@@]12CO[C@@](O)([C@@H](O)C1)C(C)(C)C2[C@@H](OS(=O)(=O)[O-])C3)[C@H]1C[C@@H]2C[C@@](C)(OC2(C)C)[C@H](CC[C@@H](C)[C@H]2CC[C@@H]3[C@]2(C)CC=C2[C@@]45CO[C@@](O)([C@@H](O)C4)C(C)(C)C5=CC[C@@]23O)O1.[Na+]. The van der Waals surface area contributed by atoms with E-state index in [0.29, 0.717) is 42.9 Å². The third-order valence-electron chi connectivity index (χ3n) is 25.0. The van der Waals surface area contributed by atoms with Crippen LogP contribution in [0.2, 0.25) is 0 Å². The van der Waals surface area contributed by atoms with Gasteiger partial charge in [-0.05, 0) is 175 Å². The molecule has 0 aromatic heterocycles. The van der Waals surface area contributed by atoms with Crippen LogP contribution in [0.1, 0.15) is 172 Å². The van der Waals surface area contributed by atoms with Crippen LogP contribution in [0.15, 0.2) is 34.4 Å². The minimum Gasteiger partial charge on any atom is -0.726 e. The molecule has 10 fully saturated rings. The zero-order valence-electron chi connectivity index (χ0n) is 46.1. The Labute approximate surface area is 457 Å². The number of rotatable bonds is 8. The van der Waals surface area contributed by atoms with Crippen molar-refractivity contribution < 1.29 is 91.2 Å². The third kappa shape index (κ3) is 7.03. The first-order valence-corrected chi connectivity index (χ1v) is 29.6. The first-order chi connectivity index (χ1) is 33.3. The normalized spacial score (nSPS) is 53.3. The Morgan fingerprint density at radius 3 is 2.18 bits per heavy atom. The zero-order chi connectivity index (χ0) is 51.8. The van der Waals surface area contributed by atoms with Crippen molar-refractivity contribution in [3.8, 4) is 0 Å². The van der Waals surface area contributed by atoms with Crippen molar-refractivity contribution >= 4 is 10.4 Å². The summed E-state index contributed by atoms with van der Waals surface area (Å²) >= 11 is 0. The Morgan fingerprint density at radius 2 is 1.49 bits per heavy atom. The summed E-state index contributed by atoms with van der Waals surface area (Å²) in [4.78, 5) is 0. The fourth-order valence-corrected chi connectivity index (χ4v) is 22.2. The molecule has 0 aromatic carbocycles. The molecule has 14 aliphatic rings. The molecule has 6 bridgehead atoms. The Kier molecular flexibility index (Phi) is 12.5. The van der Waals surface area contributed by atoms with Crippen molar-refractivity contribution in [2.45, 2.75) is 231 Å². The standard InChI is InChI=1S/C58H88O13S.Na/c1-31(35-15-16-42-52(35,10)22-19-43-55-28-45(60)57(62,68-30-55)48(3,4)41(55)20-23-56(42,43)61)12-17-46-53(11)26-33(50(7,8)71-53)24-39(69-46)32(2)36-13-14-37-34-25-40(70-72(64,65)66)47-49(5,6)58(63)44(59)27-54(47,29-67-58)38(34)18-21-51(36,37)9;/h19-20,31-33,35-37,39-40,42,44-47,59-63H,12-18,21-30H2,1-11H3,(H,64,65,66);/q;+1/p-1/t31-,32+,33-,35-,36-,37+,39-,40+,42-,44+,45+,46+,47?,51-,52-,53-,54+,55-,56+,57+,58+;/m1./s1. The van der Waals surface area contributed by atoms with Gasteiger partial charge in [0.05, 0.1) is 48.3 Å². The van der Waals surface area contributed by atoms with Crippen LogP contribution in [0.25, 0.3) is 0 Å². The van der Waals surface area contributed by atoms with Crippen LogP contribution in [-0.2, 0) is 33.5 Å². The Hall–Kier alpha value is -0.270. The van der Waals surface area contributed by atoms with E-state index >= 15 is 0 Å². The molecule has 6 saturated heterocycles. The van der Waals surface area contributed by atoms with Crippen LogP contribution in [0.4, 0.5) is 0 Å². The van der Waals surface area contributed by atoms with Crippen molar-refractivity contribution in [3.63, 3.8) is 0 Å². The molecule has 0 aromatic rings. The fourth-order valence-electron chi connectivity index (χ4n) is 21.7. The van der Waals surface area contributed by atoms with E-state index < -0.39 is 79.1 Å². The summed E-state index contributed by atoms with van der Waals surface area (Å²) in [7, 11) is -5.08. The molecule has 1 unspecified atom stereocenters. The van der Waals surface area contributed by atoms with Gasteiger partial charge in [0.1, 0.15) is 12.2 Å². The summed E-state index contributed by atoms with van der Waals surface area (Å²) in [6, 6.07) is 0. The second kappa shape index (κ2) is 16.7. The van der Waals surface area contributed by atoms with Gasteiger partial charge in [0.2, 0.25) is 16.2 Å². The van der Waals surface area contributed by atoms with E-state index in [2.05, 4.69) is 60.6 Å². The van der Waals surface area contributed by atoms with Gasteiger partial charge in [-0.15, -0.1) is 0 Å². The Bertz CT molecular complexity index is 2510. The van der Waals surface area contributed by atoms with Gasteiger partial charge in [0.25, 0.3) is 0 Å². The largest absolute Gasteiger partial charge is 1.00 e. The van der Waals surface area contributed by atoms with E-state index in [4.69, 9.17) is 23.1 Å². The number of aliphatic hydroxyl groups is 5. The first kappa shape index (κ1) is 54.7. The number of aliphatic hydroxyl groups excluding tert-OH is 2. The molecular formula is C58H87NaO13S. The van der Waals surface area contributed by atoms with Crippen LogP contribution in [0, 0.1) is 79.8 Å². The van der Waals surface area contributed by atoms with Crippen molar-refractivity contribution in [2.24, 2.45) is 79.8 Å². The molecule has 4 saturated carbocycles. The van der Waals surface area contributed by atoms with Crippen LogP contribution in [0.5, 0.6) is 0 Å². The molecule has 6 aliphatic heterocycles. The molecule has 14 rings (SSSR count). The van der Waals surface area contributed by atoms with Gasteiger partial charge in [-0.3, -0.25) is 4.18 Å². The summed E-state index contributed by atoms with van der Waals surface area (Å²) in [5, 5.41) is 59.3. The second-order valence-corrected chi connectivity index (χ2v) is 30.0. The maximum absolute atomic E-state index is 13.1. The Balaban J connectivity index is 0.00000574. The monoisotopic (exact) mass is 1050 g/mol. The maximum Gasteiger partial charge on any atom is 1.00 e. The number of ether oxygens (including phenoxy) is 4. The molecule has 15 heteroatoms. The topological polar surface area (TPSA) is 204 Å². The Morgan fingerprint density at radius 1 is 0.822 bits per heavy atom. The molecule has 2 spiro atoms. The molecule has 21 atom stereocenters. The van der Waals surface area contributed by atoms with Gasteiger partial charge in [0.15, 0.2) is 5.79 Å². The predicted octanol–water partition coefficient (Wildman–Crippen LogP) is 5.18. The van der Waals surface area contributed by atoms with E-state index in [9.17, 15) is 38.5 Å². The van der Waals surface area contributed by atoms with Crippen LogP contribution in [0.3, 0.4) is 0 Å². The summed E-state index contributed by atoms with van der Waals surface area (Å²) in [5.74, 6) is -2.17. The van der Waals surface area contributed by atoms with E-state index in [1.54, 1.807) is 0 Å². The van der Waals surface area contributed by atoms with Gasteiger partial charge in [0, 0.05) is 27.6 Å². The number of allylic oxidation sites excluding steroid dienone is 1. The van der Waals surface area contributed by atoms with Crippen molar-refractivity contribution in [1.29, 1.82) is 0 Å². The number of fused-ring (bicyclic) bond motifs is 11. The molecule has 404 valence electrons. The zero-order valence-corrected chi connectivity index (χ0v) is 48.9. The van der Waals surface area contributed by atoms with Gasteiger partial charge in [-0.25, -0.2) is 8.42 Å². The minimum absolute atomic E-state index is 0. The van der Waals surface area contributed by atoms with E-state index in [1.807, 2.05) is 27.7 Å². The molecule has 13 nitrogen and oxygen atoms in total. The van der Waals surface area contributed by atoms with Crippen molar-refractivity contribution in [1.82, 2.24) is 0 Å². The third-order valence-corrected chi connectivity index (χ3v) is 25.5. The molecule has 6 heterocycles. The van der Waals surface area contributed by atoms with Gasteiger partial charge >= 0.3 is 29.6 Å². The van der Waals surface area contributed by atoms with E-state index in [-0.39, 0.29) is 95.6 Å². The second-order valence-electron chi connectivity index (χ2n) is 29.0.